The first-order valence-corrected chi connectivity index (χ1v) is 7.90. The minimum atomic E-state index is -0.398. The van der Waals surface area contributed by atoms with Crippen LogP contribution in [0.25, 0.3) is 6.08 Å². The lowest BCUT2D eigenvalue weighted by Gasteiger charge is -2.06. The molecule has 7 heteroatoms. The van der Waals surface area contributed by atoms with E-state index in [0.717, 1.165) is 30.2 Å². The van der Waals surface area contributed by atoms with Crippen molar-refractivity contribution in [3.05, 3.63) is 33.1 Å². The number of nitrogens with one attached hydrogen (secondary N) is 1. The molecule has 1 aromatic carbocycles. The SMILES string of the molecule is O=C1NC(=O)C(=Cc2ccc(OC(=O)C3CC3)c(Br)c2)S1. The molecule has 1 saturated carbocycles. The van der Waals surface area contributed by atoms with Gasteiger partial charge in [0.2, 0.25) is 0 Å². The first-order chi connectivity index (χ1) is 10.0. The molecule has 108 valence electrons. The van der Waals surface area contributed by atoms with Crippen LogP contribution in [0.3, 0.4) is 0 Å². The minimum absolute atomic E-state index is 0.0308. The molecular formula is C14H10BrNO4S. The number of esters is 1. The number of imide groups is 1. The van der Waals surface area contributed by atoms with Crippen LogP contribution in [-0.2, 0) is 9.59 Å². The summed E-state index contributed by atoms with van der Waals surface area (Å²) < 4.78 is 5.91. The van der Waals surface area contributed by atoms with Gasteiger partial charge in [-0.1, -0.05) is 6.07 Å². The third kappa shape index (κ3) is 3.36. The van der Waals surface area contributed by atoms with Crippen molar-refractivity contribution in [2.75, 3.05) is 0 Å². The number of hydrogen-bond acceptors (Lipinski definition) is 5. The number of carbonyl (C=O) groups excluding carboxylic acids is 3. The zero-order valence-electron chi connectivity index (χ0n) is 10.7. The smallest absolute Gasteiger partial charge is 0.314 e. The monoisotopic (exact) mass is 367 g/mol. The van der Waals surface area contributed by atoms with E-state index in [4.69, 9.17) is 4.74 Å². The molecule has 21 heavy (non-hydrogen) atoms. The van der Waals surface area contributed by atoms with Crippen LogP contribution in [0, 0.1) is 5.92 Å². The summed E-state index contributed by atoms with van der Waals surface area (Å²) in [5, 5.41) is 1.82. The van der Waals surface area contributed by atoms with E-state index in [-0.39, 0.29) is 17.1 Å². The molecule has 1 saturated heterocycles. The average Bonchev–Trinajstić information content (AvgIpc) is 3.21. The maximum Gasteiger partial charge on any atom is 0.314 e. The van der Waals surface area contributed by atoms with E-state index < -0.39 is 5.91 Å². The van der Waals surface area contributed by atoms with Crippen molar-refractivity contribution in [3.63, 3.8) is 0 Å². The third-order valence-corrected chi connectivity index (χ3v) is 4.45. The third-order valence-electron chi connectivity index (χ3n) is 3.02. The van der Waals surface area contributed by atoms with E-state index in [2.05, 4.69) is 21.2 Å². The Hall–Kier alpha value is -1.60. The van der Waals surface area contributed by atoms with E-state index in [1.807, 2.05) is 0 Å². The van der Waals surface area contributed by atoms with E-state index in [0.29, 0.717) is 15.1 Å². The zero-order valence-corrected chi connectivity index (χ0v) is 13.1. The molecule has 2 fully saturated rings. The molecule has 0 unspecified atom stereocenters. The summed E-state index contributed by atoms with van der Waals surface area (Å²) in [6.45, 7) is 0. The highest BCUT2D eigenvalue weighted by Crippen LogP contribution is 2.34. The molecule has 5 nitrogen and oxygen atoms in total. The lowest BCUT2D eigenvalue weighted by Crippen LogP contribution is -2.17. The van der Waals surface area contributed by atoms with Crippen LogP contribution >= 0.6 is 27.7 Å². The van der Waals surface area contributed by atoms with E-state index in [1.54, 1.807) is 24.3 Å². The van der Waals surface area contributed by atoms with Crippen molar-refractivity contribution in [3.8, 4) is 5.75 Å². The van der Waals surface area contributed by atoms with Gasteiger partial charge in [-0.15, -0.1) is 0 Å². The molecule has 0 radical (unpaired) electrons. The summed E-state index contributed by atoms with van der Waals surface area (Å²) in [5.41, 5.74) is 0.737. The zero-order chi connectivity index (χ0) is 15.0. The van der Waals surface area contributed by atoms with Gasteiger partial charge in [-0.3, -0.25) is 19.7 Å². The largest absolute Gasteiger partial charge is 0.425 e. The number of halogens is 1. The second-order valence-corrected chi connectivity index (χ2v) is 6.61. The molecule has 1 aliphatic carbocycles. The first-order valence-electron chi connectivity index (χ1n) is 6.29. The number of ether oxygens (including phenoxy) is 1. The van der Waals surface area contributed by atoms with Crippen molar-refractivity contribution in [2.45, 2.75) is 12.8 Å². The Balaban J connectivity index is 1.77. The van der Waals surface area contributed by atoms with Gasteiger partial charge in [0, 0.05) is 0 Å². The topological polar surface area (TPSA) is 72.5 Å². The molecule has 3 rings (SSSR count). The Morgan fingerprint density at radius 3 is 2.71 bits per heavy atom. The number of hydrogen-bond donors (Lipinski definition) is 1. The summed E-state index contributed by atoms with van der Waals surface area (Å²) in [6, 6.07) is 5.12. The molecule has 2 amide bonds. The van der Waals surface area contributed by atoms with Crippen LogP contribution in [0.2, 0.25) is 0 Å². The summed E-state index contributed by atoms with van der Waals surface area (Å²) in [7, 11) is 0. The van der Waals surface area contributed by atoms with Crippen LogP contribution in [0.5, 0.6) is 5.75 Å². The van der Waals surface area contributed by atoms with Crippen molar-refractivity contribution >= 4 is 50.9 Å². The molecule has 0 bridgehead atoms. The molecule has 0 aromatic heterocycles. The van der Waals surface area contributed by atoms with Crippen molar-refractivity contribution in [1.29, 1.82) is 0 Å². The van der Waals surface area contributed by atoms with Gasteiger partial charge in [-0.25, -0.2) is 0 Å². The minimum Gasteiger partial charge on any atom is -0.425 e. The molecule has 0 spiro atoms. The molecule has 1 heterocycles. The fourth-order valence-electron chi connectivity index (χ4n) is 1.77. The summed E-state index contributed by atoms with van der Waals surface area (Å²) in [6.07, 6.45) is 3.39. The molecule has 1 aliphatic heterocycles. The molecule has 2 aliphatic rings. The summed E-state index contributed by atoms with van der Waals surface area (Å²) in [4.78, 5) is 34.5. The fourth-order valence-corrected chi connectivity index (χ4v) is 2.93. The summed E-state index contributed by atoms with van der Waals surface area (Å²) >= 11 is 4.20. The number of benzene rings is 1. The van der Waals surface area contributed by atoms with Gasteiger partial charge in [0.15, 0.2) is 0 Å². The van der Waals surface area contributed by atoms with Crippen LogP contribution in [-0.4, -0.2) is 17.1 Å². The van der Waals surface area contributed by atoms with Crippen LogP contribution in [0.4, 0.5) is 4.79 Å². The van der Waals surface area contributed by atoms with Gasteiger partial charge >= 0.3 is 5.97 Å². The van der Waals surface area contributed by atoms with Crippen molar-refractivity contribution < 1.29 is 19.1 Å². The quantitative estimate of drug-likeness (QED) is 0.504. The van der Waals surface area contributed by atoms with E-state index in [1.165, 1.54) is 0 Å². The Morgan fingerprint density at radius 2 is 2.14 bits per heavy atom. The Morgan fingerprint density at radius 1 is 1.38 bits per heavy atom. The number of carbonyl (C=O) groups is 3. The number of amides is 2. The van der Waals surface area contributed by atoms with Crippen molar-refractivity contribution in [2.24, 2.45) is 5.92 Å². The van der Waals surface area contributed by atoms with Gasteiger partial charge in [-0.2, -0.15) is 0 Å². The highest BCUT2D eigenvalue weighted by atomic mass is 79.9. The Kier molecular flexibility index (Phi) is 3.86. The fraction of sp³-hybridized carbons (Fsp3) is 0.214. The number of rotatable bonds is 3. The van der Waals surface area contributed by atoms with Gasteiger partial charge in [0.05, 0.1) is 15.3 Å². The highest BCUT2D eigenvalue weighted by molar-refractivity contribution is 9.10. The molecule has 0 atom stereocenters. The first kappa shape index (κ1) is 14.3. The average molecular weight is 368 g/mol. The maximum absolute atomic E-state index is 11.6. The van der Waals surface area contributed by atoms with E-state index in [9.17, 15) is 14.4 Å². The van der Waals surface area contributed by atoms with Crippen molar-refractivity contribution in [1.82, 2.24) is 5.32 Å². The van der Waals surface area contributed by atoms with Crippen LogP contribution in [0.1, 0.15) is 18.4 Å². The highest BCUT2D eigenvalue weighted by Gasteiger charge is 2.32. The Labute approximate surface area is 133 Å². The standard InChI is InChI=1S/C14H10BrNO4S/c15-9-5-7(6-11-12(17)16-14(19)21-11)1-4-10(9)20-13(18)8-2-3-8/h1,4-6,8H,2-3H2,(H,16,17,19). The Bertz CT molecular complexity index is 682. The van der Waals surface area contributed by atoms with Crippen LogP contribution < -0.4 is 10.1 Å². The lowest BCUT2D eigenvalue weighted by atomic mass is 10.2. The van der Waals surface area contributed by atoms with Gasteiger partial charge in [0.25, 0.3) is 11.1 Å². The summed E-state index contributed by atoms with van der Waals surface area (Å²) in [5.74, 6) is -0.125. The molecular weight excluding hydrogens is 358 g/mol. The second kappa shape index (κ2) is 5.65. The predicted molar refractivity (Wildman–Crippen MR) is 81.6 cm³/mol. The van der Waals surface area contributed by atoms with Gasteiger partial charge < -0.3 is 4.74 Å². The van der Waals surface area contributed by atoms with Crippen LogP contribution in [0.15, 0.2) is 27.6 Å². The molecule has 1 aromatic rings. The van der Waals surface area contributed by atoms with E-state index >= 15 is 0 Å². The van der Waals surface area contributed by atoms with Gasteiger partial charge in [-0.05, 0) is 64.3 Å². The normalized spacial score (nSPS) is 19.8. The molecule has 1 N–H and O–H groups in total. The maximum atomic E-state index is 11.6. The number of thioether (sulfide) groups is 1. The lowest BCUT2D eigenvalue weighted by molar-refractivity contribution is -0.135. The second-order valence-electron chi connectivity index (χ2n) is 4.74. The predicted octanol–water partition coefficient (Wildman–Crippen LogP) is 3.09. The van der Waals surface area contributed by atoms with Gasteiger partial charge in [0.1, 0.15) is 5.75 Å².